The van der Waals surface area contributed by atoms with Gasteiger partial charge in [-0.1, -0.05) is 0 Å². The van der Waals surface area contributed by atoms with Gasteiger partial charge in [0, 0.05) is 32.8 Å². The Morgan fingerprint density at radius 1 is 0.950 bits per heavy atom. The maximum atomic E-state index is 12.3. The van der Waals surface area contributed by atoms with Gasteiger partial charge < -0.3 is 19.9 Å². The first-order chi connectivity index (χ1) is 9.75. The van der Waals surface area contributed by atoms with Crippen molar-refractivity contribution in [2.45, 2.75) is 37.8 Å². The molecule has 6 heteroatoms. The zero-order chi connectivity index (χ0) is 13.9. The predicted molar refractivity (Wildman–Crippen MR) is 73.2 cm³/mol. The van der Waals surface area contributed by atoms with E-state index in [0.717, 1.165) is 32.2 Å². The fourth-order valence-electron chi connectivity index (χ4n) is 3.24. The van der Waals surface area contributed by atoms with Crippen LogP contribution in [0.5, 0.6) is 0 Å². The minimum absolute atomic E-state index is 0.00424. The molecule has 0 aromatic carbocycles. The van der Waals surface area contributed by atoms with Gasteiger partial charge >= 0.3 is 0 Å². The van der Waals surface area contributed by atoms with E-state index in [1.54, 1.807) is 0 Å². The van der Waals surface area contributed by atoms with Gasteiger partial charge in [0.2, 0.25) is 5.91 Å². The molecule has 0 aromatic heterocycles. The minimum atomic E-state index is -0.242. The first-order valence-corrected chi connectivity index (χ1v) is 7.68. The lowest BCUT2D eigenvalue weighted by Crippen LogP contribution is -2.55. The maximum Gasteiger partial charge on any atom is 0.251 e. The van der Waals surface area contributed by atoms with Gasteiger partial charge in [-0.3, -0.25) is 9.59 Å². The Bertz CT molecular complexity index is 332. The van der Waals surface area contributed by atoms with Crippen molar-refractivity contribution in [1.82, 2.24) is 15.1 Å². The minimum Gasteiger partial charge on any atom is -0.368 e. The third-order valence-electron chi connectivity index (χ3n) is 4.47. The van der Waals surface area contributed by atoms with Gasteiger partial charge in [0.25, 0.3) is 5.91 Å². The summed E-state index contributed by atoms with van der Waals surface area (Å²) >= 11 is 0. The van der Waals surface area contributed by atoms with Gasteiger partial charge in [-0.05, 0) is 32.2 Å². The summed E-state index contributed by atoms with van der Waals surface area (Å²) in [5, 5.41) is 3.24. The van der Waals surface area contributed by atoms with E-state index in [0.29, 0.717) is 32.8 Å². The van der Waals surface area contributed by atoms with Gasteiger partial charge in [-0.25, -0.2) is 0 Å². The van der Waals surface area contributed by atoms with E-state index in [2.05, 4.69) is 5.32 Å². The van der Waals surface area contributed by atoms with Gasteiger partial charge in [-0.15, -0.1) is 0 Å². The summed E-state index contributed by atoms with van der Waals surface area (Å²) in [6, 6.07) is -0.00424. The van der Waals surface area contributed by atoms with E-state index in [1.807, 2.05) is 9.80 Å². The SMILES string of the molecule is O=C(C1CCCO1)N1CCN(C(=O)[C@H]2CCCN2)CC1. The molecular formula is C14H23N3O3. The van der Waals surface area contributed by atoms with Gasteiger partial charge in [0.15, 0.2) is 0 Å². The number of hydrogen-bond donors (Lipinski definition) is 1. The Morgan fingerprint density at radius 3 is 2.20 bits per heavy atom. The van der Waals surface area contributed by atoms with Crippen molar-refractivity contribution < 1.29 is 14.3 Å². The lowest BCUT2D eigenvalue weighted by Gasteiger charge is -2.36. The van der Waals surface area contributed by atoms with Crippen molar-refractivity contribution in [2.24, 2.45) is 0 Å². The smallest absolute Gasteiger partial charge is 0.251 e. The number of amides is 2. The molecule has 0 aromatic rings. The standard InChI is InChI=1S/C14H23N3O3/c18-13(11-3-1-5-15-11)16-6-8-17(9-7-16)14(19)12-4-2-10-20-12/h11-12,15H,1-10H2/t11-,12?/m1/s1. The summed E-state index contributed by atoms with van der Waals surface area (Å²) < 4.78 is 5.44. The van der Waals surface area contributed by atoms with Crippen molar-refractivity contribution in [3.05, 3.63) is 0 Å². The van der Waals surface area contributed by atoms with Crippen LogP contribution in [0.3, 0.4) is 0 Å². The highest BCUT2D eigenvalue weighted by molar-refractivity contribution is 5.83. The fraction of sp³-hybridized carbons (Fsp3) is 0.857. The molecule has 3 aliphatic heterocycles. The Hall–Kier alpha value is -1.14. The van der Waals surface area contributed by atoms with Crippen LogP contribution in [0.4, 0.5) is 0 Å². The molecule has 3 fully saturated rings. The zero-order valence-corrected chi connectivity index (χ0v) is 11.8. The maximum absolute atomic E-state index is 12.3. The highest BCUT2D eigenvalue weighted by Gasteiger charge is 2.33. The molecule has 0 radical (unpaired) electrons. The second kappa shape index (κ2) is 6.10. The van der Waals surface area contributed by atoms with E-state index < -0.39 is 0 Å². The molecule has 2 amide bonds. The molecule has 3 aliphatic rings. The normalized spacial score (nSPS) is 30.8. The lowest BCUT2D eigenvalue weighted by atomic mass is 10.1. The zero-order valence-electron chi connectivity index (χ0n) is 11.8. The number of nitrogens with one attached hydrogen (secondary N) is 1. The van der Waals surface area contributed by atoms with E-state index in [-0.39, 0.29) is 24.0 Å². The Morgan fingerprint density at radius 2 is 1.65 bits per heavy atom. The first-order valence-electron chi connectivity index (χ1n) is 7.68. The second-order valence-corrected chi connectivity index (χ2v) is 5.80. The number of ether oxygens (including phenoxy) is 1. The number of carbonyl (C=O) groups excluding carboxylic acids is 2. The third-order valence-corrected chi connectivity index (χ3v) is 4.47. The van der Waals surface area contributed by atoms with Crippen LogP contribution in [-0.2, 0) is 14.3 Å². The summed E-state index contributed by atoms with van der Waals surface area (Å²) in [5.74, 6) is 0.306. The largest absolute Gasteiger partial charge is 0.368 e. The summed E-state index contributed by atoms with van der Waals surface area (Å²) in [7, 11) is 0. The summed E-state index contributed by atoms with van der Waals surface area (Å²) in [6.45, 7) is 4.20. The van der Waals surface area contributed by atoms with Crippen molar-refractivity contribution in [2.75, 3.05) is 39.3 Å². The molecule has 3 heterocycles. The topological polar surface area (TPSA) is 61.9 Å². The Kier molecular flexibility index (Phi) is 4.21. The number of nitrogens with zero attached hydrogens (tertiary/aromatic N) is 2. The van der Waals surface area contributed by atoms with Gasteiger partial charge in [0.1, 0.15) is 6.10 Å². The molecule has 0 bridgehead atoms. The summed E-state index contributed by atoms with van der Waals surface area (Å²) in [6.07, 6.45) is 3.59. The molecular weight excluding hydrogens is 258 g/mol. The average Bonchev–Trinajstić information content (AvgIpc) is 3.18. The van der Waals surface area contributed by atoms with Crippen LogP contribution in [0, 0.1) is 0 Å². The number of rotatable bonds is 2. The highest BCUT2D eigenvalue weighted by atomic mass is 16.5. The molecule has 0 saturated carbocycles. The van der Waals surface area contributed by atoms with Crippen LogP contribution in [0.1, 0.15) is 25.7 Å². The summed E-state index contributed by atoms with van der Waals surface area (Å²) in [4.78, 5) is 28.2. The average molecular weight is 281 g/mol. The number of hydrogen-bond acceptors (Lipinski definition) is 4. The molecule has 20 heavy (non-hydrogen) atoms. The van der Waals surface area contributed by atoms with Gasteiger partial charge in [0.05, 0.1) is 6.04 Å². The fourth-order valence-corrected chi connectivity index (χ4v) is 3.24. The number of piperazine rings is 1. The molecule has 0 aliphatic carbocycles. The molecule has 1 N–H and O–H groups in total. The van der Waals surface area contributed by atoms with Crippen molar-refractivity contribution in [3.8, 4) is 0 Å². The molecule has 6 nitrogen and oxygen atoms in total. The predicted octanol–water partition coefficient (Wildman–Crippen LogP) is -0.412. The summed E-state index contributed by atoms with van der Waals surface area (Å²) in [5.41, 5.74) is 0. The lowest BCUT2D eigenvalue weighted by molar-refractivity contribution is -0.146. The van der Waals surface area contributed by atoms with E-state index in [4.69, 9.17) is 4.74 Å². The van der Waals surface area contributed by atoms with E-state index in [9.17, 15) is 9.59 Å². The van der Waals surface area contributed by atoms with Crippen LogP contribution in [0.25, 0.3) is 0 Å². The van der Waals surface area contributed by atoms with Crippen LogP contribution >= 0.6 is 0 Å². The van der Waals surface area contributed by atoms with Crippen molar-refractivity contribution in [1.29, 1.82) is 0 Å². The molecule has 3 saturated heterocycles. The first kappa shape index (κ1) is 13.8. The molecule has 2 atom stereocenters. The molecule has 0 spiro atoms. The van der Waals surface area contributed by atoms with E-state index >= 15 is 0 Å². The molecule has 1 unspecified atom stereocenters. The van der Waals surface area contributed by atoms with Crippen LogP contribution in [0.2, 0.25) is 0 Å². The number of carbonyl (C=O) groups is 2. The second-order valence-electron chi connectivity index (χ2n) is 5.80. The monoisotopic (exact) mass is 281 g/mol. The Balaban J connectivity index is 1.48. The van der Waals surface area contributed by atoms with Crippen molar-refractivity contribution in [3.63, 3.8) is 0 Å². The van der Waals surface area contributed by atoms with Crippen LogP contribution in [-0.4, -0.2) is 73.1 Å². The molecule has 112 valence electrons. The van der Waals surface area contributed by atoms with E-state index in [1.165, 1.54) is 0 Å². The van der Waals surface area contributed by atoms with Crippen LogP contribution < -0.4 is 5.32 Å². The van der Waals surface area contributed by atoms with Crippen molar-refractivity contribution >= 4 is 11.8 Å². The third kappa shape index (κ3) is 2.81. The molecule has 3 rings (SSSR count). The highest BCUT2D eigenvalue weighted by Crippen LogP contribution is 2.17. The quantitative estimate of drug-likeness (QED) is 0.747. The van der Waals surface area contributed by atoms with Gasteiger partial charge in [-0.2, -0.15) is 0 Å². The van der Waals surface area contributed by atoms with Crippen LogP contribution in [0.15, 0.2) is 0 Å². The Labute approximate surface area is 119 Å².